The van der Waals surface area contributed by atoms with Crippen LogP contribution in [0.4, 0.5) is 5.13 Å². The molecular formula is C10H17N3S. The molecule has 1 N–H and O–H groups in total. The third-order valence-electron chi connectivity index (χ3n) is 2.67. The van der Waals surface area contributed by atoms with Crippen molar-refractivity contribution in [2.45, 2.75) is 25.8 Å². The fraction of sp³-hybridized carbons (Fsp3) is 0.700. The van der Waals surface area contributed by atoms with Gasteiger partial charge in [-0.3, -0.25) is 0 Å². The summed E-state index contributed by atoms with van der Waals surface area (Å²) in [5.41, 5.74) is 0. The van der Waals surface area contributed by atoms with E-state index in [0.717, 1.165) is 13.1 Å². The average molecular weight is 211 g/mol. The molecule has 0 bridgehead atoms. The number of hydrogen-bond acceptors (Lipinski definition) is 4. The lowest BCUT2D eigenvalue weighted by Gasteiger charge is -2.23. The molecule has 2 rings (SSSR count). The lowest BCUT2D eigenvalue weighted by molar-refractivity contribution is 0.587. The second kappa shape index (κ2) is 4.75. The van der Waals surface area contributed by atoms with Crippen molar-refractivity contribution in [3.63, 3.8) is 0 Å². The molecule has 1 saturated heterocycles. The summed E-state index contributed by atoms with van der Waals surface area (Å²) in [6, 6.07) is 0.654. The topological polar surface area (TPSA) is 28.2 Å². The van der Waals surface area contributed by atoms with Crippen molar-refractivity contribution in [2.24, 2.45) is 0 Å². The molecule has 0 spiro atoms. The number of aromatic nitrogens is 1. The Labute approximate surface area is 89.1 Å². The van der Waals surface area contributed by atoms with Crippen molar-refractivity contribution >= 4 is 16.5 Å². The lowest BCUT2D eigenvalue weighted by atomic mass is 10.2. The third-order valence-corrected chi connectivity index (χ3v) is 3.48. The molecule has 14 heavy (non-hydrogen) atoms. The molecule has 0 saturated carbocycles. The molecule has 1 aromatic rings. The third kappa shape index (κ3) is 2.07. The lowest BCUT2D eigenvalue weighted by Crippen LogP contribution is -2.37. The van der Waals surface area contributed by atoms with Gasteiger partial charge in [0.25, 0.3) is 0 Å². The maximum atomic E-state index is 4.37. The average Bonchev–Trinajstić information content (AvgIpc) is 2.84. The van der Waals surface area contributed by atoms with Crippen LogP contribution in [-0.2, 0) is 0 Å². The number of likely N-dealkylation sites (N-methyl/N-ethyl adjacent to an activating group) is 1. The van der Waals surface area contributed by atoms with Crippen molar-refractivity contribution < 1.29 is 0 Å². The zero-order valence-electron chi connectivity index (χ0n) is 8.57. The second-order valence-corrected chi connectivity index (χ2v) is 4.48. The van der Waals surface area contributed by atoms with Crippen molar-refractivity contribution in [1.29, 1.82) is 0 Å². The number of nitrogens with zero attached hydrogens (tertiary/aromatic N) is 2. The molecule has 1 unspecified atom stereocenters. The Balaban J connectivity index is 1.97. The van der Waals surface area contributed by atoms with Crippen LogP contribution in [-0.4, -0.2) is 30.7 Å². The zero-order valence-corrected chi connectivity index (χ0v) is 9.39. The summed E-state index contributed by atoms with van der Waals surface area (Å²) < 4.78 is 0. The van der Waals surface area contributed by atoms with Gasteiger partial charge >= 0.3 is 0 Å². The van der Waals surface area contributed by atoms with Crippen molar-refractivity contribution in [1.82, 2.24) is 10.3 Å². The molecule has 1 aromatic heterocycles. The van der Waals surface area contributed by atoms with Crippen LogP contribution in [0.25, 0.3) is 0 Å². The van der Waals surface area contributed by atoms with E-state index < -0.39 is 0 Å². The molecule has 2 heterocycles. The minimum atomic E-state index is 0.654. The van der Waals surface area contributed by atoms with Gasteiger partial charge in [0, 0.05) is 30.7 Å². The predicted octanol–water partition coefficient (Wildman–Crippen LogP) is 1.72. The van der Waals surface area contributed by atoms with Gasteiger partial charge in [0.15, 0.2) is 5.13 Å². The number of nitrogens with one attached hydrogen (secondary N) is 1. The van der Waals surface area contributed by atoms with E-state index in [2.05, 4.69) is 27.5 Å². The van der Waals surface area contributed by atoms with Crippen molar-refractivity contribution in [3.05, 3.63) is 11.6 Å². The summed E-state index contributed by atoms with van der Waals surface area (Å²) in [6.07, 6.45) is 4.49. The molecular weight excluding hydrogens is 194 g/mol. The summed E-state index contributed by atoms with van der Waals surface area (Å²) in [6.45, 7) is 5.48. The summed E-state index contributed by atoms with van der Waals surface area (Å²) in [4.78, 5) is 6.81. The van der Waals surface area contributed by atoms with Crippen molar-refractivity contribution in [2.75, 3.05) is 24.5 Å². The molecule has 78 valence electrons. The van der Waals surface area contributed by atoms with Crippen LogP contribution >= 0.6 is 11.3 Å². The second-order valence-electron chi connectivity index (χ2n) is 3.61. The Kier molecular flexibility index (Phi) is 3.37. The highest BCUT2D eigenvalue weighted by Crippen LogP contribution is 2.26. The summed E-state index contributed by atoms with van der Waals surface area (Å²) in [5.74, 6) is 0. The van der Waals surface area contributed by atoms with E-state index in [-0.39, 0.29) is 0 Å². The van der Waals surface area contributed by atoms with E-state index in [1.54, 1.807) is 11.3 Å². The summed E-state index contributed by atoms with van der Waals surface area (Å²) in [5, 5.41) is 6.66. The zero-order chi connectivity index (χ0) is 9.80. The Morgan fingerprint density at radius 3 is 3.36 bits per heavy atom. The van der Waals surface area contributed by atoms with Crippen LogP contribution in [0.5, 0.6) is 0 Å². The van der Waals surface area contributed by atoms with Gasteiger partial charge in [-0.25, -0.2) is 4.98 Å². The van der Waals surface area contributed by atoms with E-state index in [4.69, 9.17) is 0 Å². The normalized spacial score (nSPS) is 21.8. The standard InChI is InChI=1S/C10H17N3S/c1-2-11-8-9-4-3-6-13(9)10-12-5-7-14-10/h5,7,9,11H,2-4,6,8H2,1H3. The van der Waals surface area contributed by atoms with Gasteiger partial charge in [-0.1, -0.05) is 6.92 Å². The molecule has 0 aliphatic carbocycles. The molecule has 4 heteroatoms. The highest BCUT2D eigenvalue weighted by Gasteiger charge is 2.25. The number of anilines is 1. The monoisotopic (exact) mass is 211 g/mol. The fourth-order valence-corrected chi connectivity index (χ4v) is 2.71. The molecule has 1 fully saturated rings. The quantitative estimate of drug-likeness (QED) is 0.822. The molecule has 0 amide bonds. The number of thiazole rings is 1. The minimum absolute atomic E-state index is 0.654. The Hall–Kier alpha value is -0.610. The van der Waals surface area contributed by atoms with Crippen LogP contribution in [0.3, 0.4) is 0 Å². The van der Waals surface area contributed by atoms with E-state index in [1.165, 1.54) is 24.5 Å². The van der Waals surface area contributed by atoms with Gasteiger partial charge < -0.3 is 10.2 Å². The van der Waals surface area contributed by atoms with Crippen molar-refractivity contribution in [3.8, 4) is 0 Å². The number of hydrogen-bond donors (Lipinski definition) is 1. The van der Waals surface area contributed by atoms with E-state index >= 15 is 0 Å². The van der Waals surface area contributed by atoms with Crippen LogP contribution in [0.15, 0.2) is 11.6 Å². The number of rotatable bonds is 4. The van der Waals surface area contributed by atoms with Gasteiger partial charge in [0.2, 0.25) is 0 Å². The van der Waals surface area contributed by atoms with Gasteiger partial charge in [-0.05, 0) is 19.4 Å². The van der Waals surface area contributed by atoms with E-state index in [1.807, 2.05) is 6.20 Å². The molecule has 0 aromatic carbocycles. The molecule has 1 atom stereocenters. The fourth-order valence-electron chi connectivity index (χ4n) is 1.97. The van der Waals surface area contributed by atoms with Crippen LogP contribution < -0.4 is 10.2 Å². The maximum absolute atomic E-state index is 4.37. The molecule has 1 aliphatic rings. The highest BCUT2D eigenvalue weighted by atomic mass is 32.1. The predicted molar refractivity (Wildman–Crippen MR) is 61.0 cm³/mol. The first-order chi connectivity index (χ1) is 6.92. The molecule has 1 aliphatic heterocycles. The van der Waals surface area contributed by atoms with E-state index in [9.17, 15) is 0 Å². The van der Waals surface area contributed by atoms with Gasteiger partial charge in [-0.15, -0.1) is 11.3 Å². The first-order valence-electron chi connectivity index (χ1n) is 5.28. The first kappa shape index (κ1) is 9.93. The first-order valence-corrected chi connectivity index (χ1v) is 6.16. The SMILES string of the molecule is CCNCC1CCCN1c1nccs1. The Morgan fingerprint density at radius 2 is 2.64 bits per heavy atom. The largest absolute Gasteiger partial charge is 0.344 e. The van der Waals surface area contributed by atoms with Gasteiger partial charge in [0.05, 0.1) is 0 Å². The van der Waals surface area contributed by atoms with E-state index in [0.29, 0.717) is 6.04 Å². The van der Waals surface area contributed by atoms with Gasteiger partial charge in [0.1, 0.15) is 0 Å². The van der Waals surface area contributed by atoms with Gasteiger partial charge in [-0.2, -0.15) is 0 Å². The van der Waals surface area contributed by atoms with Crippen LogP contribution in [0, 0.1) is 0 Å². The Bertz CT molecular complexity index is 260. The Morgan fingerprint density at radius 1 is 1.71 bits per heavy atom. The van der Waals surface area contributed by atoms with Crippen LogP contribution in [0.1, 0.15) is 19.8 Å². The summed E-state index contributed by atoms with van der Waals surface area (Å²) in [7, 11) is 0. The summed E-state index contributed by atoms with van der Waals surface area (Å²) >= 11 is 1.74. The maximum Gasteiger partial charge on any atom is 0.185 e. The minimum Gasteiger partial charge on any atom is -0.344 e. The smallest absolute Gasteiger partial charge is 0.185 e. The molecule has 0 radical (unpaired) electrons. The highest BCUT2D eigenvalue weighted by molar-refractivity contribution is 7.13. The molecule has 3 nitrogen and oxygen atoms in total. The van der Waals surface area contributed by atoms with Crippen LogP contribution in [0.2, 0.25) is 0 Å².